The van der Waals surface area contributed by atoms with Crippen LogP contribution < -0.4 is 64.2 Å². The molecule has 0 aliphatic carbocycles. The summed E-state index contributed by atoms with van der Waals surface area (Å²) in [5.74, 6) is -0.909. The first-order valence-electron chi connectivity index (χ1n) is 8.58. The summed E-state index contributed by atoms with van der Waals surface area (Å²) in [6.45, 7) is 2.22. The molecule has 0 saturated carbocycles. The molecule has 8 heteroatoms. The summed E-state index contributed by atoms with van der Waals surface area (Å²) in [6, 6.07) is 7.19. The van der Waals surface area contributed by atoms with Gasteiger partial charge in [-0.2, -0.15) is 0 Å². The molecule has 0 bridgehead atoms. The second-order valence-electron chi connectivity index (χ2n) is 5.72. The number of carboxylic acids is 1. The fraction of sp³-hybridized carbons (Fsp3) is 0.611. The first-order valence-corrected chi connectivity index (χ1v) is 9.99. The molecule has 26 heavy (non-hydrogen) atoms. The van der Waals surface area contributed by atoms with Crippen molar-refractivity contribution in [2.75, 3.05) is 0 Å². The number of carbonyl (C=O) groups excluding carboxylic acids is 1. The quantitative estimate of drug-likeness (QED) is 0.227. The van der Waals surface area contributed by atoms with Gasteiger partial charge in [-0.1, -0.05) is 76.5 Å². The second-order valence-corrected chi connectivity index (χ2v) is 7.10. The zero-order valence-corrected chi connectivity index (χ0v) is 21.2. The van der Waals surface area contributed by atoms with Gasteiger partial charge in [0.25, 0.3) is 0 Å². The number of rotatable bonds is 11. The zero-order chi connectivity index (χ0) is 18.3. The summed E-state index contributed by atoms with van der Waals surface area (Å²) >= 11 is 0. The van der Waals surface area contributed by atoms with Crippen LogP contribution in [0.3, 0.4) is 0 Å². The van der Waals surface area contributed by atoms with Crippen molar-refractivity contribution in [3.05, 3.63) is 30.3 Å². The van der Waals surface area contributed by atoms with Crippen LogP contribution in [0.5, 0.6) is 0 Å². The maximum absolute atomic E-state index is 10.3. The molecule has 0 heterocycles. The van der Waals surface area contributed by atoms with E-state index in [1.54, 1.807) is 6.07 Å². The van der Waals surface area contributed by atoms with Crippen molar-refractivity contribution in [3.8, 4) is 0 Å². The van der Waals surface area contributed by atoms with Crippen molar-refractivity contribution in [1.29, 1.82) is 0 Å². The van der Waals surface area contributed by atoms with Crippen LogP contribution in [0.1, 0.15) is 71.1 Å². The first kappa shape index (κ1) is 31.3. The van der Waals surface area contributed by atoms with Crippen LogP contribution in [0.2, 0.25) is 0 Å². The zero-order valence-electron chi connectivity index (χ0n) is 16.4. The third kappa shape index (κ3) is 20.9. The molecule has 1 aromatic rings. The van der Waals surface area contributed by atoms with Crippen molar-refractivity contribution in [3.63, 3.8) is 0 Å². The van der Waals surface area contributed by atoms with E-state index in [0.29, 0.717) is 0 Å². The molecule has 0 aliphatic rings. The number of aliphatic carboxylic acids is 1. The van der Waals surface area contributed by atoms with E-state index >= 15 is 0 Å². The normalized spacial score (nSPS) is 9.92. The molecule has 0 atom stereocenters. The molecule has 0 aromatic heterocycles. The van der Waals surface area contributed by atoms with Crippen LogP contribution in [-0.4, -0.2) is 18.9 Å². The monoisotopic (exact) mass is 402 g/mol. The summed E-state index contributed by atoms with van der Waals surface area (Å²) in [5, 5.41) is 10.1. The summed E-state index contributed by atoms with van der Waals surface area (Å²) in [6.07, 6.45) is 11.2. The van der Waals surface area contributed by atoms with Crippen LogP contribution >= 0.6 is 0 Å². The van der Waals surface area contributed by atoms with Gasteiger partial charge in [0.1, 0.15) is 10.1 Å². The Morgan fingerprint density at radius 1 is 0.846 bits per heavy atom. The number of benzene rings is 1. The Bertz CT molecular complexity index is 536. The van der Waals surface area contributed by atoms with E-state index in [-0.39, 0.29) is 70.4 Å². The van der Waals surface area contributed by atoms with E-state index < -0.39 is 16.1 Å². The first-order chi connectivity index (χ1) is 11.4. The van der Waals surface area contributed by atoms with Crippen LogP contribution in [0.4, 0.5) is 0 Å². The Hall–Kier alpha value is 0.600. The minimum Gasteiger partial charge on any atom is -0.744 e. The fourth-order valence-electron chi connectivity index (χ4n) is 2.17. The van der Waals surface area contributed by atoms with Crippen LogP contribution in [0, 0.1) is 0 Å². The molecule has 138 valence electrons. The standard InChI is InChI=1S/C12H24O2.C6H6O3S.2Na/c1-2-3-4-5-6-7-8-9-10-11-12(13)14;7-10(8,9)6-4-2-1-3-5-6;;/h2-11H2,1H3,(H,13,14);1-5H,(H,7,8,9);;/q;;2*+1/p-2. The van der Waals surface area contributed by atoms with Crippen LogP contribution in [0.15, 0.2) is 35.2 Å². The summed E-state index contributed by atoms with van der Waals surface area (Å²) in [5.41, 5.74) is 0. The predicted octanol–water partition coefficient (Wildman–Crippen LogP) is -2.74. The second kappa shape index (κ2) is 20.3. The summed E-state index contributed by atoms with van der Waals surface area (Å²) in [4.78, 5) is 9.91. The molecule has 0 saturated heterocycles. The van der Waals surface area contributed by atoms with Gasteiger partial charge in [-0.15, -0.1) is 0 Å². The van der Waals surface area contributed by atoms with Gasteiger partial charge >= 0.3 is 59.1 Å². The van der Waals surface area contributed by atoms with E-state index in [0.717, 1.165) is 12.8 Å². The topological polar surface area (TPSA) is 97.3 Å². The van der Waals surface area contributed by atoms with Crippen LogP contribution in [0.25, 0.3) is 0 Å². The maximum Gasteiger partial charge on any atom is 1.00 e. The van der Waals surface area contributed by atoms with Crippen molar-refractivity contribution in [1.82, 2.24) is 0 Å². The molecule has 0 radical (unpaired) electrons. The number of carboxylic acid groups (broad SMARTS) is 1. The van der Waals surface area contributed by atoms with Crippen molar-refractivity contribution in [2.24, 2.45) is 0 Å². The van der Waals surface area contributed by atoms with Gasteiger partial charge in [0, 0.05) is 5.97 Å². The molecule has 0 unspecified atom stereocenters. The molecule has 0 N–H and O–H groups in total. The molecule has 0 aliphatic heterocycles. The Balaban J connectivity index is -0.000000393. The van der Waals surface area contributed by atoms with Gasteiger partial charge in [-0.25, -0.2) is 8.42 Å². The SMILES string of the molecule is CCCCCCCCCCCC(=O)[O-].O=S(=O)([O-])c1ccccc1.[Na+].[Na+]. The predicted molar refractivity (Wildman–Crippen MR) is 91.3 cm³/mol. The smallest absolute Gasteiger partial charge is 0.744 e. The third-order valence-corrected chi connectivity index (χ3v) is 4.37. The molecular weight excluding hydrogens is 374 g/mol. The minimum absolute atomic E-state index is 0. The third-order valence-electron chi connectivity index (χ3n) is 3.52. The van der Waals surface area contributed by atoms with Gasteiger partial charge in [0.05, 0.1) is 4.90 Å². The average molecular weight is 402 g/mol. The van der Waals surface area contributed by atoms with Gasteiger partial charge in [0.2, 0.25) is 0 Å². The van der Waals surface area contributed by atoms with E-state index in [9.17, 15) is 22.9 Å². The molecule has 0 fully saturated rings. The average Bonchev–Trinajstić information content (AvgIpc) is 2.54. The summed E-state index contributed by atoms with van der Waals surface area (Å²) < 4.78 is 30.8. The number of hydrogen-bond donors (Lipinski definition) is 0. The van der Waals surface area contributed by atoms with Gasteiger partial charge in [-0.3, -0.25) is 0 Å². The van der Waals surface area contributed by atoms with Gasteiger partial charge < -0.3 is 14.5 Å². The molecule has 0 amide bonds. The number of unbranched alkanes of at least 4 members (excludes halogenated alkanes) is 8. The minimum atomic E-state index is -4.25. The molecular formula is C18H28Na2O5S. The maximum atomic E-state index is 10.3. The Labute approximate surface area is 202 Å². The van der Waals surface area contributed by atoms with E-state index in [1.165, 1.54) is 69.2 Å². The van der Waals surface area contributed by atoms with E-state index in [4.69, 9.17) is 0 Å². The fourth-order valence-corrected chi connectivity index (χ4v) is 2.66. The van der Waals surface area contributed by atoms with Crippen molar-refractivity contribution in [2.45, 2.75) is 76.0 Å². The van der Waals surface area contributed by atoms with Crippen LogP contribution in [-0.2, 0) is 14.9 Å². The van der Waals surface area contributed by atoms with E-state index in [2.05, 4.69) is 6.92 Å². The Morgan fingerprint density at radius 3 is 1.62 bits per heavy atom. The largest absolute Gasteiger partial charge is 1.00 e. The molecule has 1 rings (SSSR count). The van der Waals surface area contributed by atoms with Crippen molar-refractivity contribution < 1.29 is 82.0 Å². The molecule has 1 aromatic carbocycles. The van der Waals surface area contributed by atoms with Gasteiger partial charge in [0.15, 0.2) is 0 Å². The summed E-state index contributed by atoms with van der Waals surface area (Å²) in [7, 11) is -4.25. The van der Waals surface area contributed by atoms with E-state index in [1.807, 2.05) is 0 Å². The molecule has 5 nitrogen and oxygen atoms in total. The van der Waals surface area contributed by atoms with Gasteiger partial charge in [-0.05, 0) is 25.0 Å². The molecule has 0 spiro atoms. The van der Waals surface area contributed by atoms with Crippen molar-refractivity contribution >= 4 is 16.1 Å². The number of carbonyl (C=O) groups is 1. The number of hydrogen-bond acceptors (Lipinski definition) is 5. The Kier molecular flexibility index (Phi) is 24.5. The Morgan fingerprint density at radius 2 is 1.27 bits per heavy atom.